The number of carbonyl (C=O) groups is 1. The van der Waals surface area contributed by atoms with E-state index < -0.39 is 33.9 Å². The van der Waals surface area contributed by atoms with Gasteiger partial charge in [-0.2, -0.15) is 0 Å². The summed E-state index contributed by atoms with van der Waals surface area (Å²) in [7, 11) is -4.35. The maximum atomic E-state index is 13.8. The fourth-order valence-corrected chi connectivity index (χ4v) is 4.95. The van der Waals surface area contributed by atoms with Crippen LogP contribution in [0.25, 0.3) is 5.65 Å². The summed E-state index contributed by atoms with van der Waals surface area (Å²) in [6, 6.07) is 11.6. The minimum atomic E-state index is -4.89. The Morgan fingerprint density at radius 2 is 1.70 bits per heavy atom. The predicted octanol–water partition coefficient (Wildman–Crippen LogP) is 1.89. The van der Waals surface area contributed by atoms with Crippen molar-refractivity contribution >= 4 is 27.5 Å². The Kier molecular flexibility index (Phi) is 8.22. The third kappa shape index (κ3) is 6.24. The van der Waals surface area contributed by atoms with Crippen molar-refractivity contribution in [2.45, 2.75) is 24.7 Å². The molecule has 0 saturated carbocycles. The molecule has 37 heavy (non-hydrogen) atoms. The van der Waals surface area contributed by atoms with Crippen LogP contribution >= 0.6 is 0 Å². The molecule has 4 rings (SSSR count). The molecule has 0 aliphatic rings. The first kappa shape index (κ1) is 28.4. The van der Waals surface area contributed by atoms with Gasteiger partial charge in [0.05, 0.1) is 22.7 Å². The van der Waals surface area contributed by atoms with Gasteiger partial charge in [-0.3, -0.25) is 4.40 Å². The molecular weight excluding hydrogens is 529 g/mol. The number of carboxylic acids is 1. The van der Waals surface area contributed by atoms with Crippen molar-refractivity contribution < 1.29 is 71.6 Å². The van der Waals surface area contributed by atoms with Crippen molar-refractivity contribution in [3.63, 3.8) is 0 Å². The first-order valence-corrected chi connectivity index (χ1v) is 11.6. The smallest absolute Gasteiger partial charge is 1.00 e. The summed E-state index contributed by atoms with van der Waals surface area (Å²) in [6.07, 6.45) is -3.75. The van der Waals surface area contributed by atoms with E-state index in [1.807, 2.05) is 0 Å². The van der Waals surface area contributed by atoms with Gasteiger partial charge in [-0.15, -0.1) is 13.2 Å². The van der Waals surface area contributed by atoms with Crippen molar-refractivity contribution in [3.8, 4) is 5.75 Å². The van der Waals surface area contributed by atoms with Gasteiger partial charge in [0.1, 0.15) is 17.2 Å². The molecule has 4 aromatic rings. The number of alkyl halides is 3. The zero-order valence-electron chi connectivity index (χ0n) is 20.4. The number of halogens is 4. The molecule has 2 aromatic carbocycles. The van der Waals surface area contributed by atoms with Crippen LogP contribution < -0.4 is 38.6 Å². The van der Waals surface area contributed by atoms with Gasteiger partial charge in [-0.1, -0.05) is 12.1 Å². The maximum absolute atomic E-state index is 13.8. The van der Waals surface area contributed by atoms with Gasteiger partial charge in [0.15, 0.2) is 5.82 Å². The zero-order chi connectivity index (χ0) is 26.3. The Labute approximate surface area is 231 Å². The third-order valence-electron chi connectivity index (χ3n) is 5.20. The molecule has 2 heterocycles. The number of fused-ring (bicyclic) bond motifs is 1. The van der Waals surface area contributed by atoms with E-state index in [1.54, 1.807) is 0 Å². The summed E-state index contributed by atoms with van der Waals surface area (Å²) in [5.74, 6) is -2.34. The maximum Gasteiger partial charge on any atom is 1.00 e. The molecule has 1 N–H and O–H groups in total. The normalized spacial score (nSPS) is 11.7. The van der Waals surface area contributed by atoms with Crippen LogP contribution in [0.4, 0.5) is 23.4 Å². The van der Waals surface area contributed by atoms with E-state index in [2.05, 4.69) is 9.72 Å². The molecule has 0 radical (unpaired) electrons. The van der Waals surface area contributed by atoms with E-state index in [1.165, 1.54) is 29.5 Å². The Morgan fingerprint density at radius 3 is 2.27 bits per heavy atom. The van der Waals surface area contributed by atoms with E-state index in [0.717, 1.165) is 53.0 Å². The number of aryl methyl sites for hydroxylation is 1. The van der Waals surface area contributed by atoms with Gasteiger partial charge in [0.25, 0.3) is 10.0 Å². The van der Waals surface area contributed by atoms with Crippen LogP contribution in [-0.4, -0.2) is 35.2 Å². The van der Waals surface area contributed by atoms with Crippen molar-refractivity contribution in [1.82, 2.24) is 9.38 Å². The van der Waals surface area contributed by atoms with Crippen molar-refractivity contribution in [3.05, 3.63) is 89.5 Å². The minimum absolute atomic E-state index is 0. The molecule has 2 aromatic heterocycles. The summed E-state index contributed by atoms with van der Waals surface area (Å²) >= 11 is 0. The SMILES string of the molecule is Cc1c(N(Cc2ccc(OC(F)(F)F)cc2)S(=O)(=O)c2ccc(C(=O)O)cc2)nc2ccc(F)cn12.[H-].[Na+]. The molecular formula is C23H18F4N3NaO5S. The summed E-state index contributed by atoms with van der Waals surface area (Å²) in [6.45, 7) is 1.19. The number of anilines is 1. The van der Waals surface area contributed by atoms with E-state index in [9.17, 15) is 30.8 Å². The fourth-order valence-electron chi connectivity index (χ4n) is 3.49. The summed E-state index contributed by atoms with van der Waals surface area (Å²) in [5.41, 5.74) is 0.726. The number of aromatic nitrogens is 2. The molecule has 0 fully saturated rings. The van der Waals surface area contributed by atoms with Gasteiger partial charge in [-0.05, 0) is 61.0 Å². The average Bonchev–Trinajstić information content (AvgIpc) is 3.12. The van der Waals surface area contributed by atoms with E-state index in [0.29, 0.717) is 5.56 Å². The topological polar surface area (TPSA) is 101 Å². The van der Waals surface area contributed by atoms with Crippen LogP contribution in [0.3, 0.4) is 0 Å². The summed E-state index contributed by atoms with van der Waals surface area (Å²) in [5, 5.41) is 9.11. The molecule has 190 valence electrons. The molecule has 0 bridgehead atoms. The molecule has 0 aliphatic heterocycles. The molecule has 14 heteroatoms. The number of nitrogens with zero attached hydrogens (tertiary/aromatic N) is 3. The molecule has 0 amide bonds. The van der Waals surface area contributed by atoms with E-state index in [-0.39, 0.29) is 65.1 Å². The van der Waals surface area contributed by atoms with Crippen molar-refractivity contribution in [2.24, 2.45) is 0 Å². The van der Waals surface area contributed by atoms with Gasteiger partial charge < -0.3 is 11.3 Å². The van der Waals surface area contributed by atoms with E-state index >= 15 is 0 Å². The molecule has 0 unspecified atom stereocenters. The first-order valence-electron chi connectivity index (χ1n) is 10.2. The second kappa shape index (κ2) is 10.7. The predicted molar refractivity (Wildman–Crippen MR) is 121 cm³/mol. The van der Waals surface area contributed by atoms with Crippen molar-refractivity contribution in [1.29, 1.82) is 0 Å². The largest absolute Gasteiger partial charge is 1.00 e. The first-order chi connectivity index (χ1) is 16.8. The Bertz CT molecular complexity index is 1550. The van der Waals surface area contributed by atoms with Crippen LogP contribution in [0.15, 0.2) is 71.8 Å². The average molecular weight is 547 g/mol. The summed E-state index contributed by atoms with van der Waals surface area (Å²) < 4.78 is 84.7. The number of carboxylic acid groups (broad SMARTS) is 1. The molecule has 0 saturated heterocycles. The van der Waals surface area contributed by atoms with Crippen LogP contribution in [0, 0.1) is 12.7 Å². The molecule has 0 atom stereocenters. The van der Waals surface area contributed by atoms with Crippen LogP contribution in [0.1, 0.15) is 23.0 Å². The van der Waals surface area contributed by atoms with E-state index in [4.69, 9.17) is 5.11 Å². The quantitative estimate of drug-likeness (QED) is 0.280. The molecule has 8 nitrogen and oxygen atoms in total. The number of benzene rings is 2. The Hall–Kier alpha value is -3.13. The fraction of sp³-hybridized carbons (Fsp3) is 0.130. The second-order valence-electron chi connectivity index (χ2n) is 7.63. The number of aromatic carboxylic acids is 1. The second-order valence-corrected chi connectivity index (χ2v) is 9.49. The molecule has 0 aliphatic carbocycles. The number of sulfonamides is 1. The van der Waals surface area contributed by atoms with Crippen molar-refractivity contribution in [2.75, 3.05) is 4.31 Å². The van der Waals surface area contributed by atoms with Crippen LogP contribution in [0.5, 0.6) is 5.75 Å². The number of hydrogen-bond acceptors (Lipinski definition) is 5. The van der Waals surface area contributed by atoms with Gasteiger partial charge in [0, 0.05) is 6.20 Å². The number of pyridine rings is 1. The number of hydrogen-bond donors (Lipinski definition) is 1. The zero-order valence-corrected chi connectivity index (χ0v) is 22.2. The number of rotatable bonds is 7. The monoisotopic (exact) mass is 547 g/mol. The third-order valence-corrected chi connectivity index (χ3v) is 6.96. The van der Waals surface area contributed by atoms with Crippen LogP contribution in [-0.2, 0) is 16.6 Å². The standard InChI is InChI=1S/C23H17F4N3O5S.Na.H/c1-14-21(28-20-11-6-17(24)13-29(14)20)30(12-15-2-7-18(8-3-15)35-23(25,26)27)36(33,34)19-9-4-16(5-10-19)22(31)32;;/h2-11,13H,12H2,1H3,(H,31,32);;/q;+1;-1. The van der Waals surface area contributed by atoms with Gasteiger partial charge >= 0.3 is 41.9 Å². The molecule has 0 spiro atoms. The number of imidazole rings is 1. The van der Waals surface area contributed by atoms with Gasteiger partial charge in [0.2, 0.25) is 0 Å². The minimum Gasteiger partial charge on any atom is -1.00 e. The summed E-state index contributed by atoms with van der Waals surface area (Å²) in [4.78, 5) is 15.2. The number of ether oxygens (including phenoxy) is 1. The Morgan fingerprint density at radius 1 is 1.08 bits per heavy atom. The Balaban J connectivity index is 0.00000253. The van der Waals surface area contributed by atoms with Crippen LogP contribution in [0.2, 0.25) is 0 Å². The van der Waals surface area contributed by atoms with Gasteiger partial charge in [-0.25, -0.2) is 26.9 Å².